The minimum atomic E-state index is -1.20. The second-order valence-electron chi connectivity index (χ2n) is 6.84. The Bertz CT molecular complexity index is 498. The summed E-state index contributed by atoms with van der Waals surface area (Å²) in [6.45, 7) is 5.19. The lowest BCUT2D eigenvalue weighted by atomic mass is 9.66. The molecule has 4 N–H and O–H groups in total. The van der Waals surface area contributed by atoms with Crippen LogP contribution in [0.2, 0.25) is 0 Å². The fourth-order valence-electron chi connectivity index (χ4n) is 3.99. The van der Waals surface area contributed by atoms with E-state index in [0.717, 1.165) is 24.0 Å². The van der Waals surface area contributed by atoms with E-state index in [-0.39, 0.29) is 6.61 Å². The van der Waals surface area contributed by atoms with E-state index < -0.39 is 28.6 Å². The average Bonchev–Trinajstić information content (AvgIpc) is 3.12. The van der Waals surface area contributed by atoms with Crippen LogP contribution in [-0.2, 0) is 0 Å². The van der Waals surface area contributed by atoms with E-state index in [9.17, 15) is 20.4 Å². The summed E-state index contributed by atoms with van der Waals surface area (Å²) in [7, 11) is 0. The minimum absolute atomic E-state index is 0.184. The molecule has 19 heavy (non-hydrogen) atoms. The van der Waals surface area contributed by atoms with Crippen molar-refractivity contribution in [2.24, 2.45) is 10.8 Å². The summed E-state index contributed by atoms with van der Waals surface area (Å²) in [4.78, 5) is 0. The van der Waals surface area contributed by atoms with Crippen LogP contribution in [0.15, 0.2) is 22.8 Å². The van der Waals surface area contributed by atoms with E-state index in [1.807, 2.05) is 6.92 Å². The molecule has 4 atom stereocenters. The quantitative estimate of drug-likeness (QED) is 0.557. The Kier molecular flexibility index (Phi) is 2.45. The number of rotatable bonds is 1. The normalized spacial score (nSPS) is 47.4. The van der Waals surface area contributed by atoms with Crippen molar-refractivity contribution in [1.82, 2.24) is 0 Å². The summed E-state index contributed by atoms with van der Waals surface area (Å²) in [6.07, 6.45) is 1.59. The summed E-state index contributed by atoms with van der Waals surface area (Å²) in [6, 6.07) is 0. The van der Waals surface area contributed by atoms with Crippen molar-refractivity contribution in [3.8, 4) is 0 Å². The van der Waals surface area contributed by atoms with Crippen LogP contribution >= 0.6 is 0 Å². The van der Waals surface area contributed by atoms with Crippen LogP contribution in [0.3, 0.4) is 0 Å². The molecular weight excluding hydrogens is 244 g/mol. The van der Waals surface area contributed by atoms with Crippen molar-refractivity contribution in [2.75, 3.05) is 6.61 Å². The first-order valence-electron chi connectivity index (χ1n) is 6.85. The fourth-order valence-corrected chi connectivity index (χ4v) is 3.99. The molecule has 106 valence electrons. The van der Waals surface area contributed by atoms with E-state index in [0.29, 0.717) is 5.57 Å². The molecule has 0 unspecified atom stereocenters. The van der Waals surface area contributed by atoms with Gasteiger partial charge in [0.2, 0.25) is 0 Å². The van der Waals surface area contributed by atoms with Gasteiger partial charge in [0, 0.05) is 10.8 Å². The van der Waals surface area contributed by atoms with Crippen LogP contribution in [0.5, 0.6) is 0 Å². The fraction of sp³-hybridized carbons (Fsp3) is 0.733. The zero-order valence-electron chi connectivity index (χ0n) is 11.6. The van der Waals surface area contributed by atoms with Gasteiger partial charge in [-0.05, 0) is 37.8 Å². The maximum Gasteiger partial charge on any atom is 0.108 e. The van der Waals surface area contributed by atoms with Crippen molar-refractivity contribution in [3.05, 3.63) is 22.8 Å². The van der Waals surface area contributed by atoms with E-state index in [4.69, 9.17) is 0 Å². The van der Waals surface area contributed by atoms with Crippen LogP contribution < -0.4 is 0 Å². The highest BCUT2D eigenvalue weighted by molar-refractivity contribution is 5.57. The monoisotopic (exact) mass is 266 g/mol. The Hall–Kier alpha value is -0.680. The van der Waals surface area contributed by atoms with Gasteiger partial charge in [-0.15, -0.1) is 0 Å². The number of fused-ring (bicyclic) bond motifs is 1. The van der Waals surface area contributed by atoms with Gasteiger partial charge in [0.1, 0.15) is 11.7 Å². The maximum absolute atomic E-state index is 10.7. The van der Waals surface area contributed by atoms with Gasteiger partial charge in [0.15, 0.2) is 0 Å². The first kappa shape index (κ1) is 13.3. The lowest BCUT2D eigenvalue weighted by Crippen LogP contribution is -2.52. The Morgan fingerprint density at radius 2 is 1.79 bits per heavy atom. The van der Waals surface area contributed by atoms with Crippen molar-refractivity contribution >= 4 is 0 Å². The highest BCUT2D eigenvalue weighted by Gasteiger charge is 2.66. The van der Waals surface area contributed by atoms with Gasteiger partial charge in [0.05, 0.1) is 12.7 Å². The zero-order chi connectivity index (χ0) is 14.2. The summed E-state index contributed by atoms with van der Waals surface area (Å²) in [5, 5.41) is 41.2. The lowest BCUT2D eigenvalue weighted by Gasteiger charge is -2.44. The molecule has 3 aliphatic rings. The number of aliphatic hydroxyl groups is 4. The molecule has 0 aromatic rings. The predicted octanol–water partition coefficient (Wildman–Crippen LogP) is 0.508. The molecule has 1 saturated carbocycles. The molecule has 0 radical (unpaired) electrons. The van der Waals surface area contributed by atoms with Crippen LogP contribution in [0, 0.1) is 10.8 Å². The molecular formula is C15H22O4. The highest BCUT2D eigenvalue weighted by Crippen LogP contribution is 2.66. The summed E-state index contributed by atoms with van der Waals surface area (Å²) < 4.78 is 0. The maximum atomic E-state index is 10.7. The van der Waals surface area contributed by atoms with E-state index in [1.54, 1.807) is 19.9 Å². The van der Waals surface area contributed by atoms with Gasteiger partial charge >= 0.3 is 0 Å². The smallest absolute Gasteiger partial charge is 0.108 e. The molecule has 4 heteroatoms. The molecule has 0 aromatic heterocycles. The molecule has 0 amide bonds. The third-order valence-electron chi connectivity index (χ3n) is 5.70. The van der Waals surface area contributed by atoms with Crippen LogP contribution in [0.4, 0.5) is 0 Å². The van der Waals surface area contributed by atoms with Crippen molar-refractivity contribution < 1.29 is 20.4 Å². The second kappa shape index (κ2) is 3.50. The molecule has 3 aliphatic carbocycles. The summed E-state index contributed by atoms with van der Waals surface area (Å²) in [5.74, 6) is 0. The Balaban J connectivity index is 2.22. The molecule has 3 rings (SSSR count). The number of hydrogen-bond acceptors (Lipinski definition) is 4. The third-order valence-corrected chi connectivity index (χ3v) is 5.70. The lowest BCUT2D eigenvalue weighted by molar-refractivity contribution is -0.0901. The molecule has 0 aliphatic heterocycles. The standard InChI is InChI=1S/C15H22O4/c1-8-10-9(6-13(2,7-16)12(10)18)11(17)14(3,19)15(8)4-5-15/h6,11-12,16-19H,4-5,7H2,1-3H3/t11-,12-,13-,14+/m0/s1. The van der Waals surface area contributed by atoms with E-state index >= 15 is 0 Å². The van der Waals surface area contributed by atoms with Crippen molar-refractivity contribution in [3.63, 3.8) is 0 Å². The van der Waals surface area contributed by atoms with E-state index in [2.05, 4.69) is 0 Å². The van der Waals surface area contributed by atoms with Crippen LogP contribution in [0.25, 0.3) is 0 Å². The topological polar surface area (TPSA) is 80.9 Å². The zero-order valence-corrected chi connectivity index (χ0v) is 11.6. The van der Waals surface area contributed by atoms with Gasteiger partial charge in [-0.3, -0.25) is 0 Å². The summed E-state index contributed by atoms with van der Waals surface area (Å²) >= 11 is 0. The van der Waals surface area contributed by atoms with Gasteiger partial charge in [0.25, 0.3) is 0 Å². The van der Waals surface area contributed by atoms with Crippen molar-refractivity contribution in [1.29, 1.82) is 0 Å². The Morgan fingerprint density at radius 3 is 2.26 bits per heavy atom. The van der Waals surface area contributed by atoms with Gasteiger partial charge < -0.3 is 20.4 Å². The number of aliphatic hydroxyl groups excluding tert-OH is 3. The van der Waals surface area contributed by atoms with Crippen LogP contribution in [0.1, 0.15) is 33.6 Å². The average molecular weight is 266 g/mol. The van der Waals surface area contributed by atoms with Crippen molar-refractivity contribution in [2.45, 2.75) is 51.4 Å². The highest BCUT2D eigenvalue weighted by atomic mass is 16.3. The Labute approximate surface area is 113 Å². The first-order chi connectivity index (χ1) is 8.71. The van der Waals surface area contributed by atoms with Gasteiger partial charge in [-0.1, -0.05) is 18.6 Å². The molecule has 1 spiro atoms. The second-order valence-corrected chi connectivity index (χ2v) is 6.84. The molecule has 4 nitrogen and oxygen atoms in total. The Morgan fingerprint density at radius 1 is 1.21 bits per heavy atom. The number of hydrogen-bond donors (Lipinski definition) is 4. The predicted molar refractivity (Wildman–Crippen MR) is 70.3 cm³/mol. The van der Waals surface area contributed by atoms with E-state index in [1.165, 1.54) is 0 Å². The first-order valence-corrected chi connectivity index (χ1v) is 6.85. The molecule has 1 fully saturated rings. The minimum Gasteiger partial charge on any atom is -0.395 e. The van der Waals surface area contributed by atoms with Crippen LogP contribution in [-0.4, -0.2) is 44.8 Å². The third kappa shape index (κ3) is 1.33. The largest absolute Gasteiger partial charge is 0.395 e. The molecule has 0 heterocycles. The SMILES string of the molecule is CC1=C2C(=C[C@@](C)(CO)[C@H]2O)[C@H](O)[C@@](C)(O)C12CC2. The van der Waals surface area contributed by atoms with Gasteiger partial charge in [-0.2, -0.15) is 0 Å². The molecule has 0 aromatic carbocycles. The molecule has 0 bridgehead atoms. The van der Waals surface area contributed by atoms with Gasteiger partial charge in [-0.25, -0.2) is 0 Å². The summed E-state index contributed by atoms with van der Waals surface area (Å²) in [5.41, 5.74) is -0.0901. The molecule has 0 saturated heterocycles.